The molecule has 1 saturated carbocycles. The molecule has 0 radical (unpaired) electrons. The molecule has 2 heterocycles. The maximum Gasteiger partial charge on any atom is 0.225 e. The number of morpholine rings is 1. The van der Waals surface area contributed by atoms with Crippen LogP contribution in [-0.4, -0.2) is 59.4 Å². The Morgan fingerprint density at radius 3 is 3.14 bits per heavy atom. The van der Waals surface area contributed by atoms with Crippen molar-refractivity contribution in [2.24, 2.45) is 5.92 Å². The monoisotopic (exact) mass is 306 g/mol. The van der Waals surface area contributed by atoms with Gasteiger partial charge in [-0.3, -0.25) is 4.79 Å². The molecule has 3 unspecified atom stereocenters. The van der Waals surface area contributed by atoms with Crippen molar-refractivity contribution in [3.05, 3.63) is 24.4 Å². The maximum absolute atomic E-state index is 12.1. The molecule has 6 heteroatoms. The molecular weight excluding hydrogens is 284 g/mol. The summed E-state index contributed by atoms with van der Waals surface area (Å²) in [5.41, 5.74) is 0. The second-order valence-electron chi connectivity index (χ2n) is 5.85. The summed E-state index contributed by atoms with van der Waals surface area (Å²) < 4.78 is 11.5. The number of pyridine rings is 1. The van der Waals surface area contributed by atoms with E-state index >= 15 is 0 Å². The van der Waals surface area contributed by atoms with Crippen LogP contribution in [0.4, 0.5) is 0 Å². The van der Waals surface area contributed by atoms with Crippen molar-refractivity contribution < 1.29 is 19.4 Å². The lowest BCUT2D eigenvalue weighted by Gasteiger charge is -2.37. The van der Waals surface area contributed by atoms with E-state index in [4.69, 9.17) is 14.6 Å². The van der Waals surface area contributed by atoms with Crippen molar-refractivity contribution in [2.75, 3.05) is 26.4 Å². The number of hydrogen-bond donors (Lipinski definition) is 1. The Balaban J connectivity index is 1.56. The second kappa shape index (κ2) is 7.07. The number of rotatable bonds is 5. The maximum atomic E-state index is 12.1. The van der Waals surface area contributed by atoms with Crippen LogP contribution in [0.2, 0.25) is 0 Å². The Morgan fingerprint density at radius 1 is 1.45 bits per heavy atom. The molecule has 1 aromatic heterocycles. The Kier molecular flexibility index (Phi) is 4.90. The van der Waals surface area contributed by atoms with Crippen LogP contribution in [0.25, 0.3) is 0 Å². The van der Waals surface area contributed by atoms with Crippen LogP contribution in [-0.2, 0) is 9.53 Å². The first-order chi connectivity index (χ1) is 10.8. The molecule has 0 spiro atoms. The van der Waals surface area contributed by atoms with E-state index in [0.717, 1.165) is 12.8 Å². The highest BCUT2D eigenvalue weighted by atomic mass is 16.5. The summed E-state index contributed by atoms with van der Waals surface area (Å²) in [7, 11) is 0. The number of amides is 1. The van der Waals surface area contributed by atoms with E-state index < -0.39 is 0 Å². The van der Waals surface area contributed by atoms with Crippen LogP contribution in [0.3, 0.4) is 0 Å². The Labute approximate surface area is 130 Å². The van der Waals surface area contributed by atoms with Gasteiger partial charge in [0.05, 0.1) is 32.0 Å². The van der Waals surface area contributed by atoms with Gasteiger partial charge in [-0.2, -0.15) is 0 Å². The zero-order chi connectivity index (χ0) is 15.4. The SMILES string of the molecule is O=C(CCO)N1CCOC2CC(COc3ccccn3)CC21. The average Bonchev–Trinajstić information content (AvgIpc) is 2.97. The zero-order valence-electron chi connectivity index (χ0n) is 12.6. The molecule has 3 rings (SSSR count). The standard InChI is InChI=1S/C16H22N2O4/c19-7-4-16(20)18-6-8-21-14-10-12(9-13(14)18)11-22-15-3-1-2-5-17-15/h1-3,5,12-14,19H,4,6-11H2. The number of aromatic nitrogens is 1. The van der Waals surface area contributed by atoms with Crippen LogP contribution in [0, 0.1) is 5.92 Å². The smallest absolute Gasteiger partial charge is 0.225 e. The van der Waals surface area contributed by atoms with Gasteiger partial charge in [-0.1, -0.05) is 6.07 Å². The predicted molar refractivity (Wildman–Crippen MR) is 79.4 cm³/mol. The minimum atomic E-state index is -0.0974. The molecule has 0 aromatic carbocycles. The molecule has 1 N–H and O–H groups in total. The average molecular weight is 306 g/mol. The highest BCUT2D eigenvalue weighted by Crippen LogP contribution is 2.34. The molecule has 22 heavy (non-hydrogen) atoms. The zero-order valence-corrected chi connectivity index (χ0v) is 12.6. The van der Waals surface area contributed by atoms with Gasteiger partial charge in [0, 0.05) is 25.2 Å². The molecule has 2 fully saturated rings. The summed E-state index contributed by atoms with van der Waals surface area (Å²) >= 11 is 0. The number of carbonyl (C=O) groups is 1. The van der Waals surface area contributed by atoms with E-state index in [1.165, 1.54) is 0 Å². The number of fused-ring (bicyclic) bond motifs is 1. The summed E-state index contributed by atoms with van der Waals surface area (Å²) in [5.74, 6) is 1.01. The van der Waals surface area contributed by atoms with E-state index in [0.29, 0.717) is 31.6 Å². The van der Waals surface area contributed by atoms with Crippen molar-refractivity contribution in [1.29, 1.82) is 0 Å². The first-order valence-corrected chi connectivity index (χ1v) is 7.83. The largest absolute Gasteiger partial charge is 0.477 e. The van der Waals surface area contributed by atoms with Crippen molar-refractivity contribution in [3.63, 3.8) is 0 Å². The highest BCUT2D eigenvalue weighted by Gasteiger charge is 2.42. The van der Waals surface area contributed by atoms with Gasteiger partial charge in [0.1, 0.15) is 0 Å². The van der Waals surface area contributed by atoms with Gasteiger partial charge < -0.3 is 19.5 Å². The molecule has 120 valence electrons. The molecule has 6 nitrogen and oxygen atoms in total. The van der Waals surface area contributed by atoms with Gasteiger partial charge in [0.15, 0.2) is 0 Å². The summed E-state index contributed by atoms with van der Waals surface area (Å²) in [6, 6.07) is 5.71. The van der Waals surface area contributed by atoms with Gasteiger partial charge >= 0.3 is 0 Å². The minimum absolute atomic E-state index is 0.0205. The van der Waals surface area contributed by atoms with E-state index in [2.05, 4.69) is 4.98 Å². The third kappa shape index (κ3) is 3.39. The summed E-state index contributed by atoms with van der Waals surface area (Å²) in [5, 5.41) is 8.96. The summed E-state index contributed by atoms with van der Waals surface area (Å²) in [6.45, 7) is 1.69. The third-order valence-electron chi connectivity index (χ3n) is 4.38. The number of ether oxygens (including phenoxy) is 2. The van der Waals surface area contributed by atoms with Crippen molar-refractivity contribution in [2.45, 2.75) is 31.4 Å². The first kappa shape index (κ1) is 15.2. The Bertz CT molecular complexity index is 496. The van der Waals surface area contributed by atoms with Crippen LogP contribution in [0.1, 0.15) is 19.3 Å². The summed E-state index contributed by atoms with van der Waals surface area (Å²) in [4.78, 5) is 18.1. The van der Waals surface area contributed by atoms with E-state index in [-0.39, 0.29) is 31.1 Å². The lowest BCUT2D eigenvalue weighted by atomic mass is 10.1. The summed E-state index contributed by atoms with van der Waals surface area (Å²) in [6.07, 6.45) is 3.78. The first-order valence-electron chi connectivity index (χ1n) is 7.83. The minimum Gasteiger partial charge on any atom is -0.477 e. The van der Waals surface area contributed by atoms with Crippen LogP contribution in [0.5, 0.6) is 5.88 Å². The fraction of sp³-hybridized carbons (Fsp3) is 0.625. The lowest BCUT2D eigenvalue weighted by Crippen LogP contribution is -2.51. The number of carbonyl (C=O) groups excluding carboxylic acids is 1. The lowest BCUT2D eigenvalue weighted by molar-refractivity contribution is -0.144. The van der Waals surface area contributed by atoms with Crippen molar-refractivity contribution in [1.82, 2.24) is 9.88 Å². The molecule has 3 atom stereocenters. The Morgan fingerprint density at radius 2 is 2.36 bits per heavy atom. The molecule has 0 bridgehead atoms. The van der Waals surface area contributed by atoms with Gasteiger partial charge in [0.25, 0.3) is 0 Å². The van der Waals surface area contributed by atoms with Crippen molar-refractivity contribution in [3.8, 4) is 5.88 Å². The van der Waals surface area contributed by atoms with Gasteiger partial charge in [0.2, 0.25) is 11.8 Å². The second-order valence-corrected chi connectivity index (χ2v) is 5.85. The van der Waals surface area contributed by atoms with Crippen LogP contribution in [0.15, 0.2) is 24.4 Å². The van der Waals surface area contributed by atoms with E-state index in [1.807, 2.05) is 23.1 Å². The molecule has 1 aliphatic carbocycles. The predicted octanol–water partition coefficient (Wildman–Crippen LogP) is 0.849. The number of nitrogens with zero attached hydrogens (tertiary/aromatic N) is 2. The van der Waals surface area contributed by atoms with Gasteiger partial charge in [-0.25, -0.2) is 4.98 Å². The van der Waals surface area contributed by atoms with E-state index in [1.54, 1.807) is 6.20 Å². The normalized spacial score (nSPS) is 27.5. The molecule has 1 amide bonds. The van der Waals surface area contributed by atoms with Gasteiger partial charge in [-0.05, 0) is 24.8 Å². The fourth-order valence-electron chi connectivity index (χ4n) is 3.37. The molecule has 2 aliphatic rings. The number of aliphatic hydroxyl groups is 1. The topological polar surface area (TPSA) is 71.9 Å². The molecule has 1 aliphatic heterocycles. The molecule has 1 aromatic rings. The van der Waals surface area contributed by atoms with Crippen LogP contribution < -0.4 is 4.74 Å². The molecule has 1 saturated heterocycles. The van der Waals surface area contributed by atoms with Crippen molar-refractivity contribution >= 4 is 5.91 Å². The number of hydrogen-bond acceptors (Lipinski definition) is 5. The Hall–Kier alpha value is -1.66. The third-order valence-corrected chi connectivity index (χ3v) is 4.38. The van der Waals surface area contributed by atoms with Crippen LogP contribution >= 0.6 is 0 Å². The van der Waals surface area contributed by atoms with Gasteiger partial charge in [-0.15, -0.1) is 0 Å². The van der Waals surface area contributed by atoms with E-state index in [9.17, 15) is 4.79 Å². The number of aliphatic hydroxyl groups excluding tert-OH is 1. The molecular formula is C16H22N2O4. The highest BCUT2D eigenvalue weighted by molar-refractivity contribution is 5.76. The fourth-order valence-corrected chi connectivity index (χ4v) is 3.37. The quantitative estimate of drug-likeness (QED) is 0.873.